The average molecular weight is 503 g/mol. The summed E-state index contributed by atoms with van der Waals surface area (Å²) in [6.07, 6.45) is 2.05. The zero-order valence-corrected chi connectivity index (χ0v) is 20.2. The minimum atomic E-state index is -0.222. The van der Waals surface area contributed by atoms with Crippen molar-refractivity contribution in [1.29, 1.82) is 0 Å². The highest BCUT2D eigenvalue weighted by Crippen LogP contribution is 2.25. The number of hydrogen-bond donors (Lipinski definition) is 1. The van der Waals surface area contributed by atoms with Crippen LogP contribution in [0.3, 0.4) is 0 Å². The van der Waals surface area contributed by atoms with Crippen molar-refractivity contribution < 1.29 is 4.79 Å². The molecule has 1 fully saturated rings. The second-order valence-electron chi connectivity index (χ2n) is 8.63. The Hall–Kier alpha value is -1.39. The highest BCUT2D eigenvalue weighted by atomic mass is 127. The van der Waals surface area contributed by atoms with Gasteiger partial charge in [-0.2, -0.15) is 0 Å². The molecule has 0 saturated carbocycles. The van der Waals surface area contributed by atoms with E-state index in [4.69, 9.17) is 0 Å². The van der Waals surface area contributed by atoms with Crippen LogP contribution in [0.25, 0.3) is 0 Å². The molecule has 1 saturated heterocycles. The Balaban J connectivity index is 0.00000280. The first-order valence-electron chi connectivity index (χ1n) is 9.89. The molecule has 0 spiro atoms. The van der Waals surface area contributed by atoms with E-state index in [1.165, 1.54) is 0 Å². The van der Waals surface area contributed by atoms with Crippen LogP contribution < -0.4 is 5.32 Å². The second-order valence-corrected chi connectivity index (χ2v) is 8.63. The molecule has 0 aromatic carbocycles. The van der Waals surface area contributed by atoms with E-state index in [1.807, 2.05) is 11.8 Å². The lowest BCUT2D eigenvalue weighted by molar-refractivity contribution is -0.145. The van der Waals surface area contributed by atoms with E-state index in [9.17, 15) is 4.79 Å². The van der Waals surface area contributed by atoms with E-state index >= 15 is 0 Å². The van der Waals surface area contributed by atoms with Gasteiger partial charge in [0.25, 0.3) is 0 Å². The maximum absolute atomic E-state index is 12.7. The van der Waals surface area contributed by atoms with E-state index in [0.717, 1.165) is 50.1 Å². The number of carbonyl (C=O) groups is 1. The summed E-state index contributed by atoms with van der Waals surface area (Å²) in [6, 6.07) is 0.202. The van der Waals surface area contributed by atoms with Crippen molar-refractivity contribution in [3.63, 3.8) is 0 Å². The molecular weight excluding hydrogens is 469 g/mol. The maximum Gasteiger partial charge on any atom is 0.242 e. The number of aromatic nitrogens is 3. The van der Waals surface area contributed by atoms with E-state index in [0.29, 0.717) is 12.5 Å². The number of amides is 1. The highest BCUT2D eigenvalue weighted by molar-refractivity contribution is 14.0. The topological polar surface area (TPSA) is 78.6 Å². The highest BCUT2D eigenvalue weighted by Gasteiger charge is 2.40. The molecule has 3 heterocycles. The lowest BCUT2D eigenvalue weighted by Crippen LogP contribution is -2.66. The summed E-state index contributed by atoms with van der Waals surface area (Å²) in [6.45, 7) is 13.3. The van der Waals surface area contributed by atoms with Crippen molar-refractivity contribution in [1.82, 2.24) is 29.9 Å². The fourth-order valence-corrected chi connectivity index (χ4v) is 4.58. The van der Waals surface area contributed by atoms with Gasteiger partial charge in [-0.15, -0.1) is 34.2 Å². The van der Waals surface area contributed by atoms with Gasteiger partial charge in [0, 0.05) is 39.1 Å². The van der Waals surface area contributed by atoms with Crippen molar-refractivity contribution in [2.75, 3.05) is 26.7 Å². The molecule has 9 heteroatoms. The predicted molar refractivity (Wildman–Crippen MR) is 121 cm³/mol. The van der Waals surface area contributed by atoms with Crippen LogP contribution in [0.15, 0.2) is 4.99 Å². The molecule has 2 aliphatic rings. The third-order valence-electron chi connectivity index (χ3n) is 5.63. The molecule has 0 aliphatic carbocycles. The van der Waals surface area contributed by atoms with Crippen LogP contribution >= 0.6 is 24.0 Å². The molecule has 8 nitrogen and oxygen atoms in total. The molecule has 158 valence electrons. The number of rotatable bonds is 3. The van der Waals surface area contributed by atoms with Gasteiger partial charge in [-0.25, -0.2) is 0 Å². The van der Waals surface area contributed by atoms with Crippen molar-refractivity contribution in [2.45, 2.75) is 65.6 Å². The van der Waals surface area contributed by atoms with Crippen LogP contribution in [-0.2, 0) is 17.8 Å². The fraction of sp³-hybridized carbons (Fsp3) is 0.789. The lowest BCUT2D eigenvalue weighted by atomic mass is 9.96. The lowest BCUT2D eigenvalue weighted by Gasteiger charge is -2.49. The predicted octanol–water partition coefficient (Wildman–Crippen LogP) is 1.67. The number of carbonyl (C=O) groups excluding carboxylic acids is 1. The van der Waals surface area contributed by atoms with Crippen LogP contribution in [0.5, 0.6) is 0 Å². The van der Waals surface area contributed by atoms with E-state index < -0.39 is 0 Å². The maximum atomic E-state index is 12.7. The molecule has 1 atom stereocenters. The summed E-state index contributed by atoms with van der Waals surface area (Å²) in [5.74, 6) is 3.55. The molecule has 28 heavy (non-hydrogen) atoms. The summed E-state index contributed by atoms with van der Waals surface area (Å²) in [4.78, 5) is 21.2. The number of fused-ring (bicyclic) bond motifs is 1. The van der Waals surface area contributed by atoms with Crippen molar-refractivity contribution in [3.05, 3.63) is 11.6 Å². The number of nitrogens with zero attached hydrogens (tertiary/aromatic N) is 6. The number of nitrogens with one attached hydrogen (secondary N) is 1. The van der Waals surface area contributed by atoms with Gasteiger partial charge in [0.05, 0.1) is 12.1 Å². The Bertz CT molecular complexity index is 728. The van der Waals surface area contributed by atoms with Gasteiger partial charge < -0.3 is 19.7 Å². The van der Waals surface area contributed by atoms with E-state index in [1.54, 1.807) is 7.05 Å². The molecule has 3 rings (SSSR count). The average Bonchev–Trinajstić information content (AvgIpc) is 2.94. The summed E-state index contributed by atoms with van der Waals surface area (Å²) in [5.41, 5.74) is -0.222. The minimum Gasteiger partial charge on any atom is -0.356 e. The van der Waals surface area contributed by atoms with Crippen molar-refractivity contribution in [3.8, 4) is 0 Å². The first kappa shape index (κ1) is 22.9. The molecule has 1 N–H and O–H groups in total. The molecular formula is C19H34IN7O. The third-order valence-corrected chi connectivity index (χ3v) is 5.63. The first-order valence-corrected chi connectivity index (χ1v) is 9.89. The van der Waals surface area contributed by atoms with Crippen LogP contribution in [-0.4, -0.2) is 74.7 Å². The zero-order chi connectivity index (χ0) is 19.8. The molecule has 0 radical (unpaired) electrons. The third kappa shape index (κ3) is 4.60. The molecule has 1 aromatic rings. The number of guanidine groups is 1. The smallest absolute Gasteiger partial charge is 0.242 e. The van der Waals surface area contributed by atoms with Crippen molar-refractivity contribution >= 4 is 35.8 Å². The Morgan fingerprint density at radius 1 is 1.36 bits per heavy atom. The van der Waals surface area contributed by atoms with Gasteiger partial charge in [0.15, 0.2) is 5.96 Å². The van der Waals surface area contributed by atoms with Gasteiger partial charge in [-0.05, 0) is 47.0 Å². The van der Waals surface area contributed by atoms with Crippen LogP contribution in [0.4, 0.5) is 0 Å². The van der Waals surface area contributed by atoms with E-state index in [2.05, 4.69) is 57.7 Å². The Labute approximate surface area is 185 Å². The SMILES string of the molecule is CN=C(NCC1CCc2nnc(C)n2C1)N1CC(=O)N(C(C)C)C(C)(C)C1.I. The molecule has 1 aromatic heterocycles. The van der Waals surface area contributed by atoms with Gasteiger partial charge in [-0.1, -0.05) is 0 Å². The monoisotopic (exact) mass is 503 g/mol. The molecule has 1 unspecified atom stereocenters. The van der Waals surface area contributed by atoms with Gasteiger partial charge in [-0.3, -0.25) is 9.79 Å². The summed E-state index contributed by atoms with van der Waals surface area (Å²) in [5, 5.41) is 11.9. The number of piperazine rings is 1. The van der Waals surface area contributed by atoms with Crippen LogP contribution in [0, 0.1) is 12.8 Å². The largest absolute Gasteiger partial charge is 0.356 e. The fourth-order valence-electron chi connectivity index (χ4n) is 4.58. The number of halogens is 1. The second kappa shape index (κ2) is 8.96. The number of aliphatic imine (C=N–C) groups is 1. The van der Waals surface area contributed by atoms with Gasteiger partial charge in [0.2, 0.25) is 5.91 Å². The Morgan fingerprint density at radius 3 is 2.68 bits per heavy atom. The summed E-state index contributed by atoms with van der Waals surface area (Å²) < 4.78 is 2.21. The van der Waals surface area contributed by atoms with Gasteiger partial charge in [0.1, 0.15) is 11.6 Å². The zero-order valence-electron chi connectivity index (χ0n) is 17.9. The summed E-state index contributed by atoms with van der Waals surface area (Å²) in [7, 11) is 1.79. The van der Waals surface area contributed by atoms with Crippen LogP contribution in [0.2, 0.25) is 0 Å². The number of hydrogen-bond acceptors (Lipinski definition) is 4. The number of aryl methyl sites for hydroxylation is 2. The molecule has 1 amide bonds. The summed E-state index contributed by atoms with van der Waals surface area (Å²) >= 11 is 0. The van der Waals surface area contributed by atoms with E-state index in [-0.39, 0.29) is 41.5 Å². The standard InChI is InChI=1S/C19H33N7O.HI/c1-13(2)26-17(27)11-24(12-19(26,4)5)18(20-6)21-9-15-7-8-16-23-22-14(3)25(16)10-15;/h13,15H,7-12H2,1-6H3,(H,20,21);1H. The molecule has 2 aliphatic heterocycles. The van der Waals surface area contributed by atoms with Gasteiger partial charge >= 0.3 is 0 Å². The Kier molecular flexibility index (Phi) is 7.33. The quantitative estimate of drug-likeness (QED) is 0.386. The van der Waals surface area contributed by atoms with Crippen LogP contribution in [0.1, 0.15) is 45.8 Å². The normalized spacial score (nSPS) is 22.2. The Morgan fingerprint density at radius 2 is 2.07 bits per heavy atom. The minimum absolute atomic E-state index is 0. The van der Waals surface area contributed by atoms with Crippen molar-refractivity contribution in [2.24, 2.45) is 10.9 Å². The first-order chi connectivity index (χ1) is 12.7. The molecule has 0 bridgehead atoms.